The summed E-state index contributed by atoms with van der Waals surface area (Å²) in [6, 6.07) is 5.61. The lowest BCUT2D eigenvalue weighted by atomic mass is 10.2. The Labute approximate surface area is 187 Å². The van der Waals surface area contributed by atoms with E-state index >= 15 is 0 Å². The third kappa shape index (κ3) is 4.15. The monoisotopic (exact) mass is 457 g/mol. The van der Waals surface area contributed by atoms with Crippen LogP contribution in [0.15, 0.2) is 41.8 Å². The summed E-state index contributed by atoms with van der Waals surface area (Å²) in [6.45, 7) is 2.67. The maximum absolute atomic E-state index is 12.6. The zero-order valence-corrected chi connectivity index (χ0v) is 18.8. The molecule has 2 atom stereocenters. The molecule has 0 bridgehead atoms. The average molecular weight is 458 g/mol. The van der Waals surface area contributed by atoms with Gasteiger partial charge < -0.3 is 19.5 Å². The van der Waals surface area contributed by atoms with Crippen LogP contribution in [0.3, 0.4) is 0 Å². The predicted molar refractivity (Wildman–Crippen MR) is 121 cm³/mol. The number of hydrogen-bond acceptors (Lipinski definition) is 8. The van der Waals surface area contributed by atoms with E-state index in [1.165, 1.54) is 6.20 Å². The van der Waals surface area contributed by atoms with Crippen molar-refractivity contribution >= 4 is 32.7 Å². The minimum Gasteiger partial charge on any atom is -0.377 e. The molecule has 11 heteroatoms. The van der Waals surface area contributed by atoms with Crippen molar-refractivity contribution in [1.82, 2.24) is 24.7 Å². The number of hydrogen-bond donors (Lipinski definition) is 2. The van der Waals surface area contributed by atoms with E-state index in [4.69, 9.17) is 4.74 Å². The molecule has 0 amide bonds. The topological polar surface area (TPSA) is 116 Å². The molecule has 0 unspecified atom stereocenters. The van der Waals surface area contributed by atoms with Crippen LogP contribution in [0.4, 0.5) is 11.6 Å². The van der Waals surface area contributed by atoms with Gasteiger partial charge in [0.15, 0.2) is 0 Å². The second-order valence-corrected chi connectivity index (χ2v) is 10.0. The van der Waals surface area contributed by atoms with Crippen molar-refractivity contribution in [1.29, 1.82) is 0 Å². The molecule has 32 heavy (non-hydrogen) atoms. The second kappa shape index (κ2) is 8.64. The largest absolute Gasteiger partial charge is 0.377 e. The van der Waals surface area contributed by atoms with Gasteiger partial charge in [-0.2, -0.15) is 0 Å². The lowest BCUT2D eigenvalue weighted by Crippen LogP contribution is -2.35. The molecular formula is C21H27N7O3S. The summed E-state index contributed by atoms with van der Waals surface area (Å²) in [7, 11) is -1.61. The van der Waals surface area contributed by atoms with Crippen LogP contribution in [-0.2, 0) is 14.8 Å². The fourth-order valence-corrected chi connectivity index (χ4v) is 5.39. The van der Waals surface area contributed by atoms with Crippen LogP contribution >= 0.6 is 0 Å². The van der Waals surface area contributed by atoms with Gasteiger partial charge in [-0.25, -0.2) is 28.1 Å². The second-order valence-electron chi connectivity index (χ2n) is 8.28. The number of anilines is 2. The fourth-order valence-electron chi connectivity index (χ4n) is 4.38. The fraction of sp³-hybridized carbons (Fsp3) is 0.476. The first kappa shape index (κ1) is 21.1. The Bertz CT molecular complexity index is 1180. The van der Waals surface area contributed by atoms with Gasteiger partial charge in [0, 0.05) is 51.7 Å². The SMILES string of the molecule is CN(c1ccc(S(=O)(=O)NC[C@H]2CCCO2)cn1)[C@@H]1CCN(c2ncnc3[nH]ccc23)C1. The average Bonchev–Trinajstić information content (AvgIpc) is 3.58. The van der Waals surface area contributed by atoms with Crippen molar-refractivity contribution in [3.63, 3.8) is 0 Å². The summed E-state index contributed by atoms with van der Waals surface area (Å²) < 4.78 is 33.3. The Morgan fingerprint density at radius 2 is 2.16 bits per heavy atom. The summed E-state index contributed by atoms with van der Waals surface area (Å²) in [5.74, 6) is 1.67. The van der Waals surface area contributed by atoms with Gasteiger partial charge in [-0.05, 0) is 37.5 Å². The van der Waals surface area contributed by atoms with E-state index in [9.17, 15) is 8.42 Å². The number of ether oxygens (including phenoxy) is 1. The summed E-state index contributed by atoms with van der Waals surface area (Å²) in [5, 5.41) is 1.01. The molecule has 5 rings (SSSR count). The number of aromatic nitrogens is 4. The number of nitrogens with one attached hydrogen (secondary N) is 2. The lowest BCUT2D eigenvalue weighted by molar-refractivity contribution is 0.114. The number of likely N-dealkylation sites (N-methyl/N-ethyl adjacent to an activating group) is 1. The summed E-state index contributed by atoms with van der Waals surface area (Å²) in [4.78, 5) is 20.8. The summed E-state index contributed by atoms with van der Waals surface area (Å²) in [5.41, 5.74) is 0.832. The molecule has 2 saturated heterocycles. The van der Waals surface area contributed by atoms with Crippen molar-refractivity contribution in [2.45, 2.75) is 36.3 Å². The number of sulfonamides is 1. The highest BCUT2D eigenvalue weighted by Crippen LogP contribution is 2.28. The van der Waals surface area contributed by atoms with Crippen LogP contribution in [-0.4, -0.2) is 73.8 Å². The van der Waals surface area contributed by atoms with Gasteiger partial charge in [-0.15, -0.1) is 0 Å². The van der Waals surface area contributed by atoms with E-state index in [0.717, 1.165) is 55.0 Å². The predicted octanol–water partition coefficient (Wildman–Crippen LogP) is 1.53. The van der Waals surface area contributed by atoms with Gasteiger partial charge in [0.05, 0.1) is 11.5 Å². The number of rotatable bonds is 7. The number of pyridine rings is 1. The van der Waals surface area contributed by atoms with Crippen molar-refractivity contribution in [2.24, 2.45) is 0 Å². The molecule has 10 nitrogen and oxygen atoms in total. The van der Waals surface area contributed by atoms with Gasteiger partial charge in [0.2, 0.25) is 10.0 Å². The number of aromatic amines is 1. The Morgan fingerprint density at radius 1 is 1.25 bits per heavy atom. The minimum absolute atomic E-state index is 0.0455. The molecule has 5 heterocycles. The molecule has 3 aromatic heterocycles. The van der Waals surface area contributed by atoms with Crippen LogP contribution < -0.4 is 14.5 Å². The van der Waals surface area contributed by atoms with E-state index in [0.29, 0.717) is 13.2 Å². The highest BCUT2D eigenvalue weighted by Gasteiger charge is 2.29. The Morgan fingerprint density at radius 3 is 2.94 bits per heavy atom. The van der Waals surface area contributed by atoms with Crippen LogP contribution in [0, 0.1) is 0 Å². The molecule has 2 aliphatic heterocycles. The first-order valence-electron chi connectivity index (χ1n) is 10.8. The van der Waals surface area contributed by atoms with Gasteiger partial charge in [-0.3, -0.25) is 0 Å². The van der Waals surface area contributed by atoms with Crippen molar-refractivity contribution in [2.75, 3.05) is 43.1 Å². The van der Waals surface area contributed by atoms with E-state index in [2.05, 4.69) is 34.5 Å². The molecule has 0 aliphatic carbocycles. The van der Waals surface area contributed by atoms with E-state index in [-0.39, 0.29) is 17.0 Å². The van der Waals surface area contributed by atoms with Crippen LogP contribution in [0.25, 0.3) is 11.0 Å². The molecular weight excluding hydrogens is 430 g/mol. The molecule has 3 aromatic rings. The first-order chi connectivity index (χ1) is 15.5. The molecule has 0 saturated carbocycles. The zero-order chi connectivity index (χ0) is 22.1. The van der Waals surface area contributed by atoms with E-state index in [1.54, 1.807) is 18.5 Å². The molecule has 0 aromatic carbocycles. The molecule has 170 valence electrons. The maximum atomic E-state index is 12.6. The Balaban J connectivity index is 1.24. The Hall–Kier alpha value is -2.76. The summed E-state index contributed by atoms with van der Waals surface area (Å²) >= 11 is 0. The summed E-state index contributed by atoms with van der Waals surface area (Å²) in [6.07, 6.45) is 7.64. The third-order valence-electron chi connectivity index (χ3n) is 6.26. The molecule has 2 fully saturated rings. The lowest BCUT2D eigenvalue weighted by Gasteiger charge is -2.26. The van der Waals surface area contributed by atoms with Crippen molar-refractivity contribution in [3.8, 4) is 0 Å². The van der Waals surface area contributed by atoms with Crippen molar-refractivity contribution in [3.05, 3.63) is 36.9 Å². The number of fused-ring (bicyclic) bond motifs is 1. The quantitative estimate of drug-likeness (QED) is 0.549. The van der Waals surface area contributed by atoms with Crippen LogP contribution in [0.1, 0.15) is 19.3 Å². The molecule has 0 radical (unpaired) electrons. The Kier molecular flexibility index (Phi) is 5.70. The highest BCUT2D eigenvalue weighted by molar-refractivity contribution is 7.89. The normalized spacial score (nSPS) is 21.5. The third-order valence-corrected chi connectivity index (χ3v) is 7.67. The van der Waals surface area contributed by atoms with Gasteiger partial charge in [0.1, 0.15) is 28.5 Å². The highest BCUT2D eigenvalue weighted by atomic mass is 32.2. The number of nitrogens with zero attached hydrogens (tertiary/aromatic N) is 5. The molecule has 2 aliphatic rings. The van der Waals surface area contributed by atoms with Gasteiger partial charge >= 0.3 is 0 Å². The van der Waals surface area contributed by atoms with E-state index < -0.39 is 10.0 Å². The molecule has 0 spiro atoms. The zero-order valence-electron chi connectivity index (χ0n) is 17.9. The standard InChI is InChI=1S/C21H27N7O3S/c1-27(15-7-9-28(13-15)21-18-6-8-22-20(18)24-14-25-21)19-5-4-17(12-23-19)32(29,30)26-11-16-3-2-10-31-16/h4-6,8,12,14-16,26H,2-3,7,9-11,13H2,1H3,(H,22,24,25)/t15-,16-/m1/s1. The maximum Gasteiger partial charge on any atom is 0.242 e. The van der Waals surface area contributed by atoms with E-state index in [1.807, 2.05) is 19.3 Å². The number of H-pyrrole nitrogens is 1. The van der Waals surface area contributed by atoms with Crippen LogP contribution in [0.2, 0.25) is 0 Å². The van der Waals surface area contributed by atoms with Crippen LogP contribution in [0.5, 0.6) is 0 Å². The van der Waals surface area contributed by atoms with Gasteiger partial charge in [0.25, 0.3) is 0 Å². The minimum atomic E-state index is -3.61. The first-order valence-corrected chi connectivity index (χ1v) is 12.3. The molecule has 2 N–H and O–H groups in total. The van der Waals surface area contributed by atoms with Gasteiger partial charge in [-0.1, -0.05) is 0 Å². The van der Waals surface area contributed by atoms with Crippen molar-refractivity contribution < 1.29 is 13.2 Å². The smallest absolute Gasteiger partial charge is 0.242 e.